The van der Waals surface area contributed by atoms with Crippen LogP contribution in [0.2, 0.25) is 0 Å². The number of rotatable bonds is 4. The van der Waals surface area contributed by atoms with Crippen LogP contribution in [0.15, 0.2) is 18.3 Å². The molecule has 0 saturated heterocycles. The van der Waals surface area contributed by atoms with E-state index in [1.54, 1.807) is 0 Å². The van der Waals surface area contributed by atoms with Crippen LogP contribution >= 0.6 is 0 Å². The molecule has 14 heavy (non-hydrogen) atoms. The average Bonchev–Trinajstić information content (AvgIpc) is 2.16. The van der Waals surface area contributed by atoms with Crippen molar-refractivity contribution in [3.05, 3.63) is 18.3 Å². The Hall–Kier alpha value is -1.40. The van der Waals surface area contributed by atoms with Crippen LogP contribution in [0.3, 0.4) is 0 Å². The van der Waals surface area contributed by atoms with Crippen LogP contribution in [-0.2, 0) is 0 Å². The van der Waals surface area contributed by atoms with Gasteiger partial charge < -0.3 is 5.32 Å². The highest BCUT2D eigenvalue weighted by atomic mass is 19.3. The van der Waals surface area contributed by atoms with E-state index in [1.165, 1.54) is 18.3 Å². The molecule has 0 spiro atoms. The molecular formula is C7H7F4N3. The van der Waals surface area contributed by atoms with E-state index in [4.69, 9.17) is 0 Å². The molecule has 0 aliphatic carbocycles. The zero-order valence-corrected chi connectivity index (χ0v) is 6.92. The van der Waals surface area contributed by atoms with Crippen LogP contribution in [0, 0.1) is 0 Å². The number of aromatic nitrogens is 2. The second kappa shape index (κ2) is 4.21. The second-order valence-corrected chi connectivity index (χ2v) is 2.52. The molecular weight excluding hydrogens is 202 g/mol. The summed E-state index contributed by atoms with van der Waals surface area (Å²) in [6.07, 6.45) is -2.34. The lowest BCUT2D eigenvalue weighted by Crippen LogP contribution is -2.35. The van der Waals surface area contributed by atoms with Crippen molar-refractivity contribution >= 4 is 5.82 Å². The van der Waals surface area contributed by atoms with E-state index in [1.807, 2.05) is 0 Å². The molecule has 0 unspecified atom stereocenters. The van der Waals surface area contributed by atoms with Crippen LogP contribution < -0.4 is 5.32 Å². The summed E-state index contributed by atoms with van der Waals surface area (Å²) in [7, 11) is 0. The van der Waals surface area contributed by atoms with Gasteiger partial charge in [-0.3, -0.25) is 0 Å². The van der Waals surface area contributed by atoms with Gasteiger partial charge in [0.15, 0.2) is 0 Å². The number of nitrogens with zero attached hydrogens (tertiary/aromatic N) is 2. The van der Waals surface area contributed by atoms with Crippen molar-refractivity contribution in [2.24, 2.45) is 0 Å². The molecule has 3 nitrogen and oxygen atoms in total. The van der Waals surface area contributed by atoms with Crippen molar-refractivity contribution in [2.45, 2.75) is 12.3 Å². The summed E-state index contributed by atoms with van der Waals surface area (Å²) in [5, 5.41) is 8.85. The lowest BCUT2D eigenvalue weighted by Gasteiger charge is -2.15. The molecule has 0 radical (unpaired) electrons. The van der Waals surface area contributed by atoms with E-state index in [9.17, 15) is 17.6 Å². The standard InChI is InChI=1S/C7H7F4N3/c8-6(9)7(10,11)4-12-5-2-1-3-13-14-5/h1-3,6H,4H2,(H,12,14). The minimum Gasteiger partial charge on any atom is -0.362 e. The summed E-state index contributed by atoms with van der Waals surface area (Å²) in [6.45, 7) is -1.16. The zero-order valence-electron chi connectivity index (χ0n) is 6.92. The first kappa shape index (κ1) is 10.7. The van der Waals surface area contributed by atoms with Gasteiger partial charge in [-0.05, 0) is 12.1 Å². The van der Waals surface area contributed by atoms with Gasteiger partial charge >= 0.3 is 12.3 Å². The summed E-state index contributed by atoms with van der Waals surface area (Å²) in [5.74, 6) is -4.02. The molecule has 0 saturated carbocycles. The van der Waals surface area contributed by atoms with Crippen LogP contribution in [0.4, 0.5) is 23.4 Å². The van der Waals surface area contributed by atoms with Crippen LogP contribution in [0.1, 0.15) is 0 Å². The summed E-state index contributed by atoms with van der Waals surface area (Å²) in [4.78, 5) is 0. The molecule has 7 heteroatoms. The maximum Gasteiger partial charge on any atom is 0.324 e. The predicted molar refractivity (Wildman–Crippen MR) is 41.5 cm³/mol. The van der Waals surface area contributed by atoms with E-state index in [-0.39, 0.29) is 5.82 Å². The smallest absolute Gasteiger partial charge is 0.324 e. The molecule has 0 atom stereocenters. The van der Waals surface area contributed by atoms with Crippen LogP contribution in [-0.4, -0.2) is 29.1 Å². The number of hydrogen-bond donors (Lipinski definition) is 1. The average molecular weight is 209 g/mol. The lowest BCUT2D eigenvalue weighted by atomic mass is 10.3. The Bertz CT molecular complexity index is 278. The molecule has 0 bridgehead atoms. The fourth-order valence-corrected chi connectivity index (χ4v) is 0.681. The number of alkyl halides is 4. The Morgan fingerprint density at radius 3 is 2.64 bits per heavy atom. The van der Waals surface area contributed by atoms with Crippen LogP contribution in [0.25, 0.3) is 0 Å². The van der Waals surface area contributed by atoms with E-state index in [0.717, 1.165) is 0 Å². The number of hydrogen-bond acceptors (Lipinski definition) is 3. The van der Waals surface area contributed by atoms with Crippen molar-refractivity contribution in [3.8, 4) is 0 Å². The van der Waals surface area contributed by atoms with Gasteiger partial charge in [-0.1, -0.05) is 0 Å². The van der Waals surface area contributed by atoms with E-state index in [2.05, 4.69) is 15.5 Å². The minimum atomic E-state index is -4.06. The maximum atomic E-state index is 12.4. The highest BCUT2D eigenvalue weighted by Gasteiger charge is 2.40. The molecule has 1 aromatic rings. The third-order valence-electron chi connectivity index (χ3n) is 1.40. The van der Waals surface area contributed by atoms with Gasteiger partial charge in [0.1, 0.15) is 5.82 Å². The summed E-state index contributed by atoms with van der Waals surface area (Å²) >= 11 is 0. The second-order valence-electron chi connectivity index (χ2n) is 2.52. The normalized spacial score (nSPS) is 11.8. The zero-order chi connectivity index (χ0) is 10.6. The first-order valence-corrected chi connectivity index (χ1v) is 3.70. The van der Waals surface area contributed by atoms with Gasteiger partial charge in [0.25, 0.3) is 0 Å². The lowest BCUT2D eigenvalue weighted by molar-refractivity contribution is -0.117. The number of halogens is 4. The molecule has 1 rings (SSSR count). The largest absolute Gasteiger partial charge is 0.362 e. The summed E-state index contributed by atoms with van der Waals surface area (Å²) in [6, 6.07) is 2.81. The summed E-state index contributed by atoms with van der Waals surface area (Å²) < 4.78 is 48.1. The monoisotopic (exact) mass is 209 g/mol. The maximum absolute atomic E-state index is 12.4. The quantitative estimate of drug-likeness (QED) is 0.768. The molecule has 1 N–H and O–H groups in total. The predicted octanol–water partition coefficient (Wildman–Crippen LogP) is 1.79. The Labute approximate surface area is 77.1 Å². The number of nitrogens with one attached hydrogen (secondary N) is 1. The third kappa shape index (κ3) is 2.82. The minimum absolute atomic E-state index is 0.0350. The molecule has 0 aromatic carbocycles. The van der Waals surface area contributed by atoms with Gasteiger partial charge in [0.05, 0.1) is 6.54 Å². The Morgan fingerprint density at radius 1 is 1.43 bits per heavy atom. The van der Waals surface area contributed by atoms with Crippen molar-refractivity contribution < 1.29 is 17.6 Å². The SMILES string of the molecule is FC(F)C(F)(F)CNc1cccnn1. The van der Waals surface area contributed by atoms with Gasteiger partial charge in [0.2, 0.25) is 0 Å². The van der Waals surface area contributed by atoms with E-state index in [0.29, 0.717) is 0 Å². The molecule has 1 heterocycles. The molecule has 0 aliphatic rings. The summed E-state index contributed by atoms with van der Waals surface area (Å²) in [5.41, 5.74) is 0. The van der Waals surface area contributed by atoms with Crippen molar-refractivity contribution in [1.82, 2.24) is 10.2 Å². The Balaban J connectivity index is 2.49. The van der Waals surface area contributed by atoms with Crippen molar-refractivity contribution in [1.29, 1.82) is 0 Å². The van der Waals surface area contributed by atoms with Gasteiger partial charge in [-0.25, -0.2) is 8.78 Å². The van der Waals surface area contributed by atoms with Gasteiger partial charge in [0, 0.05) is 6.20 Å². The van der Waals surface area contributed by atoms with E-state index >= 15 is 0 Å². The highest BCUT2D eigenvalue weighted by molar-refractivity contribution is 5.31. The van der Waals surface area contributed by atoms with E-state index < -0.39 is 18.9 Å². The van der Waals surface area contributed by atoms with Gasteiger partial charge in [-0.2, -0.15) is 13.9 Å². The first-order valence-electron chi connectivity index (χ1n) is 3.70. The Morgan fingerprint density at radius 2 is 2.14 bits per heavy atom. The first-order chi connectivity index (χ1) is 6.52. The van der Waals surface area contributed by atoms with Crippen molar-refractivity contribution in [3.63, 3.8) is 0 Å². The number of anilines is 1. The highest BCUT2D eigenvalue weighted by Crippen LogP contribution is 2.22. The third-order valence-corrected chi connectivity index (χ3v) is 1.40. The van der Waals surface area contributed by atoms with Crippen LogP contribution in [0.5, 0.6) is 0 Å². The fraction of sp³-hybridized carbons (Fsp3) is 0.429. The molecule has 0 aliphatic heterocycles. The topological polar surface area (TPSA) is 37.8 Å². The Kier molecular flexibility index (Phi) is 3.21. The molecule has 0 amide bonds. The van der Waals surface area contributed by atoms with Crippen molar-refractivity contribution in [2.75, 3.05) is 11.9 Å². The molecule has 0 fully saturated rings. The fourth-order valence-electron chi connectivity index (χ4n) is 0.681. The molecule has 78 valence electrons. The molecule has 1 aromatic heterocycles. The van der Waals surface area contributed by atoms with Gasteiger partial charge in [-0.15, -0.1) is 5.10 Å².